The molecule has 31 heavy (non-hydrogen) atoms. The monoisotopic (exact) mass is 420 g/mol. The molecule has 1 fully saturated rings. The summed E-state index contributed by atoms with van der Waals surface area (Å²) in [6.07, 6.45) is 9.51. The summed E-state index contributed by atoms with van der Waals surface area (Å²) in [4.78, 5) is 31.1. The van der Waals surface area contributed by atoms with Gasteiger partial charge < -0.3 is 15.4 Å². The molecular formula is C21H24N8O2. The Bertz CT molecular complexity index is 1030. The van der Waals surface area contributed by atoms with Crippen molar-refractivity contribution in [3.8, 4) is 6.07 Å². The molecule has 0 aliphatic carbocycles. The third kappa shape index (κ3) is 4.78. The van der Waals surface area contributed by atoms with E-state index in [0.29, 0.717) is 29.6 Å². The number of pyridine rings is 1. The molecule has 2 aromatic rings. The Balaban J connectivity index is 1.53. The summed E-state index contributed by atoms with van der Waals surface area (Å²) in [7, 11) is 1.36. The van der Waals surface area contributed by atoms with Crippen molar-refractivity contribution in [2.45, 2.75) is 38.1 Å². The van der Waals surface area contributed by atoms with E-state index >= 15 is 0 Å². The van der Waals surface area contributed by atoms with Gasteiger partial charge in [-0.15, -0.1) is 0 Å². The largest absolute Gasteiger partial charge is 0.452 e. The van der Waals surface area contributed by atoms with Gasteiger partial charge in [0.25, 0.3) is 0 Å². The topological polar surface area (TPSA) is 128 Å². The van der Waals surface area contributed by atoms with Gasteiger partial charge in [0.2, 0.25) is 5.95 Å². The molecule has 0 saturated carbocycles. The first kappa shape index (κ1) is 20.7. The zero-order valence-electron chi connectivity index (χ0n) is 17.3. The zero-order chi connectivity index (χ0) is 21.6. The van der Waals surface area contributed by atoms with Crippen molar-refractivity contribution in [1.29, 1.82) is 5.26 Å². The third-order valence-electron chi connectivity index (χ3n) is 5.30. The van der Waals surface area contributed by atoms with Crippen LogP contribution in [-0.2, 0) is 11.2 Å². The lowest BCUT2D eigenvalue weighted by Crippen LogP contribution is -2.35. The minimum atomic E-state index is -0.420. The van der Waals surface area contributed by atoms with Crippen molar-refractivity contribution in [2.75, 3.05) is 30.4 Å². The van der Waals surface area contributed by atoms with Crippen LogP contribution in [0.2, 0.25) is 0 Å². The number of carbonyl (C=O) groups is 1. The fourth-order valence-corrected chi connectivity index (χ4v) is 3.72. The fraction of sp³-hybridized carbons (Fsp3) is 0.429. The van der Waals surface area contributed by atoms with Gasteiger partial charge in [0.05, 0.1) is 36.6 Å². The Morgan fingerprint density at radius 2 is 2.29 bits per heavy atom. The number of carbonyl (C=O) groups excluding carboxylic acids is 1. The number of aromatic nitrogens is 3. The number of nitrogens with zero attached hydrogens (tertiary/aromatic N) is 6. The SMILES string of the molecule is COC(=O)N1CCCc2nc(Nc3cnc(C#N)c(N=C[C@H]4CCCCN4)c3)ncc21. The summed E-state index contributed by atoms with van der Waals surface area (Å²) in [5.74, 6) is 0.390. The first-order valence-electron chi connectivity index (χ1n) is 10.3. The van der Waals surface area contributed by atoms with Crippen molar-refractivity contribution >= 4 is 35.3 Å². The van der Waals surface area contributed by atoms with Crippen LogP contribution in [0, 0.1) is 11.3 Å². The Labute approximate surface area is 180 Å². The highest BCUT2D eigenvalue weighted by molar-refractivity contribution is 5.88. The smallest absolute Gasteiger partial charge is 0.414 e. The molecule has 1 amide bonds. The van der Waals surface area contributed by atoms with Crippen LogP contribution in [0.25, 0.3) is 0 Å². The van der Waals surface area contributed by atoms with Gasteiger partial charge in [-0.3, -0.25) is 9.89 Å². The average molecular weight is 420 g/mol. The second kappa shape index (κ2) is 9.49. The summed E-state index contributed by atoms with van der Waals surface area (Å²) in [6.45, 7) is 1.55. The summed E-state index contributed by atoms with van der Waals surface area (Å²) in [6, 6.07) is 4.05. The fourth-order valence-electron chi connectivity index (χ4n) is 3.72. The Hall–Kier alpha value is -3.58. The second-order valence-electron chi connectivity index (χ2n) is 7.41. The van der Waals surface area contributed by atoms with E-state index < -0.39 is 6.09 Å². The summed E-state index contributed by atoms with van der Waals surface area (Å²) in [5, 5.41) is 15.9. The standard InChI is InChI=1S/C21H24N8O2/c1-31-21(30)29-8-4-6-16-19(29)13-26-20(28-16)27-15-9-17(18(10-22)25-12-15)24-11-14-5-2-3-7-23-14/h9,11-14,23H,2-8H2,1H3,(H,26,27,28)/t14-/m1/s1. The van der Waals surface area contributed by atoms with Crippen LogP contribution in [0.3, 0.4) is 0 Å². The van der Waals surface area contributed by atoms with Gasteiger partial charge in [-0.1, -0.05) is 6.42 Å². The quantitative estimate of drug-likeness (QED) is 0.723. The van der Waals surface area contributed by atoms with Gasteiger partial charge in [-0.25, -0.2) is 19.7 Å². The van der Waals surface area contributed by atoms with Crippen molar-refractivity contribution in [3.05, 3.63) is 29.8 Å². The summed E-state index contributed by atoms with van der Waals surface area (Å²) in [5.41, 5.74) is 2.82. The molecule has 2 aromatic heterocycles. The number of rotatable bonds is 4. The molecule has 1 atom stereocenters. The van der Waals surface area contributed by atoms with E-state index in [2.05, 4.69) is 36.6 Å². The second-order valence-corrected chi connectivity index (χ2v) is 7.41. The minimum Gasteiger partial charge on any atom is -0.452 e. The highest BCUT2D eigenvalue weighted by Crippen LogP contribution is 2.28. The number of ether oxygens (including phenoxy) is 1. The number of hydrogen-bond donors (Lipinski definition) is 2. The highest BCUT2D eigenvalue weighted by Gasteiger charge is 2.25. The highest BCUT2D eigenvalue weighted by atomic mass is 16.5. The first-order valence-corrected chi connectivity index (χ1v) is 10.3. The zero-order valence-corrected chi connectivity index (χ0v) is 17.3. The van der Waals surface area contributed by atoms with Crippen LogP contribution in [0.1, 0.15) is 37.1 Å². The maximum atomic E-state index is 12.0. The Morgan fingerprint density at radius 3 is 3.06 bits per heavy atom. The van der Waals surface area contributed by atoms with E-state index in [1.807, 2.05) is 6.21 Å². The minimum absolute atomic E-state index is 0.207. The lowest BCUT2D eigenvalue weighted by atomic mass is 10.1. The number of aliphatic imine (C=N–C) groups is 1. The van der Waals surface area contributed by atoms with Crippen molar-refractivity contribution in [1.82, 2.24) is 20.3 Å². The predicted octanol–water partition coefficient (Wildman–Crippen LogP) is 2.85. The van der Waals surface area contributed by atoms with E-state index in [1.165, 1.54) is 18.4 Å². The van der Waals surface area contributed by atoms with Gasteiger partial charge in [-0.2, -0.15) is 5.26 Å². The lowest BCUT2D eigenvalue weighted by molar-refractivity contribution is 0.178. The molecule has 10 heteroatoms. The maximum absolute atomic E-state index is 12.0. The number of aryl methyl sites for hydroxylation is 1. The van der Waals surface area contributed by atoms with E-state index in [-0.39, 0.29) is 11.7 Å². The molecule has 10 nitrogen and oxygen atoms in total. The molecule has 4 rings (SSSR count). The molecular weight excluding hydrogens is 396 g/mol. The van der Waals surface area contributed by atoms with Gasteiger partial charge in [0, 0.05) is 18.8 Å². The van der Waals surface area contributed by atoms with E-state index in [9.17, 15) is 10.1 Å². The van der Waals surface area contributed by atoms with Crippen molar-refractivity contribution in [2.24, 2.45) is 4.99 Å². The normalized spacial score (nSPS) is 18.3. The molecule has 1 saturated heterocycles. The Morgan fingerprint density at radius 1 is 1.39 bits per heavy atom. The first-order chi connectivity index (χ1) is 15.2. The molecule has 4 heterocycles. The van der Waals surface area contributed by atoms with Crippen LogP contribution in [0.15, 0.2) is 23.5 Å². The Kier molecular flexibility index (Phi) is 6.33. The summed E-state index contributed by atoms with van der Waals surface area (Å²) < 4.78 is 4.84. The molecule has 0 spiro atoms. The van der Waals surface area contributed by atoms with Crippen LogP contribution in [0.4, 0.5) is 27.8 Å². The maximum Gasteiger partial charge on any atom is 0.414 e. The number of amides is 1. The predicted molar refractivity (Wildman–Crippen MR) is 116 cm³/mol. The molecule has 2 aliphatic heterocycles. The number of nitrogens with one attached hydrogen (secondary N) is 2. The number of anilines is 3. The van der Waals surface area contributed by atoms with Gasteiger partial charge >= 0.3 is 6.09 Å². The molecule has 0 aromatic carbocycles. The number of nitriles is 1. The van der Waals surface area contributed by atoms with Crippen LogP contribution >= 0.6 is 0 Å². The van der Waals surface area contributed by atoms with Gasteiger partial charge in [0.15, 0.2) is 5.69 Å². The van der Waals surface area contributed by atoms with Crippen LogP contribution in [-0.4, -0.2) is 53.5 Å². The number of hydrogen-bond acceptors (Lipinski definition) is 9. The third-order valence-corrected chi connectivity index (χ3v) is 5.30. The molecule has 0 unspecified atom stereocenters. The van der Waals surface area contributed by atoms with Crippen LogP contribution < -0.4 is 15.5 Å². The number of methoxy groups -OCH3 is 1. The van der Waals surface area contributed by atoms with Crippen molar-refractivity contribution < 1.29 is 9.53 Å². The molecule has 0 radical (unpaired) electrons. The van der Waals surface area contributed by atoms with Gasteiger partial charge in [-0.05, 0) is 38.3 Å². The summed E-state index contributed by atoms with van der Waals surface area (Å²) >= 11 is 0. The molecule has 2 aliphatic rings. The molecule has 2 N–H and O–H groups in total. The van der Waals surface area contributed by atoms with E-state index in [0.717, 1.165) is 37.9 Å². The van der Waals surface area contributed by atoms with E-state index in [4.69, 9.17) is 4.74 Å². The van der Waals surface area contributed by atoms with Gasteiger partial charge in [0.1, 0.15) is 11.8 Å². The van der Waals surface area contributed by atoms with Crippen molar-refractivity contribution in [3.63, 3.8) is 0 Å². The van der Waals surface area contributed by atoms with E-state index in [1.54, 1.807) is 18.5 Å². The number of piperidine rings is 1. The number of fused-ring (bicyclic) bond motifs is 1. The molecule has 160 valence electrons. The average Bonchev–Trinajstić information content (AvgIpc) is 2.82. The molecule has 0 bridgehead atoms. The lowest BCUT2D eigenvalue weighted by Gasteiger charge is -2.27. The van der Waals surface area contributed by atoms with Crippen LogP contribution in [0.5, 0.6) is 0 Å².